The molecule has 2 heterocycles. The summed E-state index contributed by atoms with van der Waals surface area (Å²) >= 11 is 0. The van der Waals surface area contributed by atoms with Crippen LogP contribution in [-0.2, 0) is 22.6 Å². The van der Waals surface area contributed by atoms with Gasteiger partial charge in [0.25, 0.3) is 5.56 Å². The predicted octanol–water partition coefficient (Wildman–Crippen LogP) is 3.81. The van der Waals surface area contributed by atoms with Gasteiger partial charge in [0.05, 0.1) is 5.75 Å². The van der Waals surface area contributed by atoms with Crippen LogP contribution in [0.4, 0.5) is 8.78 Å². The van der Waals surface area contributed by atoms with Gasteiger partial charge in [-0.05, 0) is 29.8 Å². The van der Waals surface area contributed by atoms with Crippen LogP contribution in [0.1, 0.15) is 5.56 Å². The van der Waals surface area contributed by atoms with Crippen LogP contribution in [0.2, 0.25) is 0 Å². The summed E-state index contributed by atoms with van der Waals surface area (Å²) in [7, 11) is -1.81. The smallest absolute Gasteiger partial charge is 0.280 e. The number of sulfone groups is 1. The Morgan fingerprint density at radius 1 is 1.10 bits per heavy atom. The molecule has 31 heavy (non-hydrogen) atoms. The summed E-state index contributed by atoms with van der Waals surface area (Å²) in [5, 5.41) is 0. The molecule has 0 aliphatic heterocycles. The quantitative estimate of drug-likeness (QED) is 0.463. The van der Waals surface area contributed by atoms with Gasteiger partial charge in [0.15, 0.2) is 38.9 Å². The largest absolute Gasteiger partial charge is 0.454 e. The number of pyridine rings is 1. The molecule has 7 nitrogen and oxygen atoms in total. The lowest BCUT2D eigenvalue weighted by molar-refractivity contribution is 0.439. The topological polar surface area (TPSA) is 91.4 Å². The van der Waals surface area contributed by atoms with Crippen molar-refractivity contribution in [2.24, 2.45) is 7.05 Å². The van der Waals surface area contributed by atoms with Gasteiger partial charge in [-0.2, -0.15) is 0 Å². The lowest BCUT2D eigenvalue weighted by Crippen LogP contribution is -2.16. The maximum Gasteiger partial charge on any atom is 0.280 e. The van der Waals surface area contributed by atoms with E-state index in [1.807, 2.05) is 0 Å². The number of ether oxygens (including phenoxy) is 1. The monoisotopic (exact) mass is 446 g/mol. The first-order valence-corrected chi connectivity index (χ1v) is 11.1. The van der Waals surface area contributed by atoms with Gasteiger partial charge in [0.1, 0.15) is 11.6 Å². The lowest BCUT2D eigenvalue weighted by atomic mass is 10.0. The van der Waals surface area contributed by atoms with E-state index < -0.39 is 21.5 Å². The van der Waals surface area contributed by atoms with Crippen molar-refractivity contribution in [3.8, 4) is 22.6 Å². The molecule has 4 aromatic rings. The number of hydrogen-bond acceptors (Lipinski definition) is 6. The van der Waals surface area contributed by atoms with Crippen LogP contribution >= 0.6 is 0 Å². The Morgan fingerprint density at radius 3 is 2.55 bits per heavy atom. The first-order chi connectivity index (χ1) is 14.6. The molecule has 0 bridgehead atoms. The van der Waals surface area contributed by atoms with E-state index >= 15 is 0 Å². The summed E-state index contributed by atoms with van der Waals surface area (Å²) in [5.74, 6) is -1.97. The van der Waals surface area contributed by atoms with Crippen LogP contribution in [0.3, 0.4) is 0 Å². The highest BCUT2D eigenvalue weighted by molar-refractivity contribution is 7.89. The Morgan fingerprint density at radius 2 is 1.84 bits per heavy atom. The SMILES string of the molecule is Cn1cc(-c2cc(CS(C)(=O)=O)ccc2Oc2ccc(F)cc2F)c2ocnc2c1=O. The molecule has 0 fully saturated rings. The van der Waals surface area contributed by atoms with Crippen molar-refractivity contribution >= 4 is 20.9 Å². The van der Waals surface area contributed by atoms with Gasteiger partial charge in [0, 0.05) is 36.7 Å². The molecule has 0 unspecified atom stereocenters. The number of benzene rings is 2. The van der Waals surface area contributed by atoms with Crippen molar-refractivity contribution in [3.05, 3.63) is 76.5 Å². The number of oxazole rings is 1. The molecule has 0 saturated heterocycles. The highest BCUT2D eigenvalue weighted by atomic mass is 32.2. The Labute approximate surface area is 175 Å². The molecule has 0 aliphatic rings. The second-order valence-corrected chi connectivity index (χ2v) is 9.21. The van der Waals surface area contributed by atoms with Crippen LogP contribution in [0, 0.1) is 11.6 Å². The number of hydrogen-bond donors (Lipinski definition) is 0. The lowest BCUT2D eigenvalue weighted by Gasteiger charge is -2.14. The summed E-state index contributed by atoms with van der Waals surface area (Å²) in [5.41, 5.74) is 1.05. The van der Waals surface area contributed by atoms with E-state index in [2.05, 4.69) is 4.98 Å². The first-order valence-electron chi connectivity index (χ1n) is 8.99. The van der Waals surface area contributed by atoms with Gasteiger partial charge in [-0.25, -0.2) is 22.2 Å². The molecule has 0 radical (unpaired) electrons. The second kappa shape index (κ2) is 7.62. The third-order valence-electron chi connectivity index (χ3n) is 4.53. The fourth-order valence-corrected chi connectivity index (χ4v) is 3.99. The maximum atomic E-state index is 14.2. The van der Waals surface area contributed by atoms with Crippen molar-refractivity contribution in [1.82, 2.24) is 9.55 Å². The average Bonchev–Trinajstić information content (AvgIpc) is 3.17. The Hall–Kier alpha value is -3.53. The number of aryl methyl sites for hydroxylation is 1. The van der Waals surface area contributed by atoms with Crippen LogP contribution in [0.15, 0.2) is 58.2 Å². The standard InChI is InChI=1S/C21H16F2N2O5S/c1-25-9-15(20-19(21(25)26)24-11-29-20)14-7-12(10-31(2,27)28)3-5-17(14)30-18-6-4-13(22)8-16(18)23/h3-9,11H,10H2,1-2H3. The van der Waals surface area contributed by atoms with Gasteiger partial charge < -0.3 is 13.7 Å². The van der Waals surface area contributed by atoms with Crippen molar-refractivity contribution in [2.45, 2.75) is 5.75 Å². The van der Waals surface area contributed by atoms with Gasteiger partial charge in [-0.15, -0.1) is 0 Å². The van der Waals surface area contributed by atoms with Gasteiger partial charge in [-0.1, -0.05) is 6.07 Å². The molecule has 2 aromatic heterocycles. The van der Waals surface area contributed by atoms with Gasteiger partial charge in [0.2, 0.25) is 0 Å². The van der Waals surface area contributed by atoms with Crippen LogP contribution in [0.25, 0.3) is 22.2 Å². The molecular weight excluding hydrogens is 430 g/mol. The number of fused-ring (bicyclic) bond motifs is 1. The number of nitrogens with zero attached hydrogens (tertiary/aromatic N) is 2. The van der Waals surface area contributed by atoms with E-state index in [1.54, 1.807) is 6.07 Å². The molecule has 0 spiro atoms. The fourth-order valence-electron chi connectivity index (χ4n) is 3.20. The predicted molar refractivity (Wildman–Crippen MR) is 110 cm³/mol. The Bertz CT molecular complexity index is 1480. The zero-order valence-electron chi connectivity index (χ0n) is 16.4. The normalized spacial score (nSPS) is 11.7. The summed E-state index contributed by atoms with van der Waals surface area (Å²) in [6.45, 7) is 0. The molecule has 4 rings (SSSR count). The third kappa shape index (κ3) is 4.19. The molecule has 0 saturated carbocycles. The van der Waals surface area contributed by atoms with Crippen LogP contribution in [0.5, 0.6) is 11.5 Å². The fraction of sp³-hybridized carbons (Fsp3) is 0.143. The minimum atomic E-state index is -3.34. The van der Waals surface area contributed by atoms with E-state index in [0.29, 0.717) is 22.8 Å². The second-order valence-electron chi connectivity index (χ2n) is 7.07. The number of rotatable bonds is 5. The minimum absolute atomic E-state index is 0.0763. The Balaban J connectivity index is 1.94. The van der Waals surface area contributed by atoms with Crippen LogP contribution in [-0.4, -0.2) is 24.2 Å². The van der Waals surface area contributed by atoms with Gasteiger partial charge >= 0.3 is 0 Å². The maximum absolute atomic E-state index is 14.2. The molecule has 0 aliphatic carbocycles. The Kier molecular flexibility index (Phi) is 5.10. The number of aromatic nitrogens is 2. The first kappa shape index (κ1) is 20.7. The van der Waals surface area contributed by atoms with Crippen molar-refractivity contribution in [2.75, 3.05) is 6.26 Å². The number of halogens is 2. The average molecular weight is 446 g/mol. The minimum Gasteiger partial charge on any atom is -0.454 e. The highest BCUT2D eigenvalue weighted by Gasteiger charge is 2.19. The third-order valence-corrected chi connectivity index (χ3v) is 5.39. The molecule has 0 amide bonds. The summed E-state index contributed by atoms with van der Waals surface area (Å²) in [6.07, 6.45) is 3.71. The molecule has 0 N–H and O–H groups in total. The molecule has 0 atom stereocenters. The van der Waals surface area contributed by atoms with E-state index in [4.69, 9.17) is 9.15 Å². The van der Waals surface area contributed by atoms with Crippen LogP contribution < -0.4 is 10.3 Å². The summed E-state index contributed by atoms with van der Waals surface area (Å²) in [6, 6.07) is 7.45. The zero-order valence-corrected chi connectivity index (χ0v) is 17.2. The molecule has 10 heteroatoms. The van der Waals surface area contributed by atoms with Gasteiger partial charge in [-0.3, -0.25) is 4.79 Å². The summed E-state index contributed by atoms with van der Waals surface area (Å²) in [4.78, 5) is 16.3. The highest BCUT2D eigenvalue weighted by Crippen LogP contribution is 2.38. The molecular formula is C21H16F2N2O5S. The van der Waals surface area contributed by atoms with E-state index in [1.165, 1.54) is 29.9 Å². The van der Waals surface area contributed by atoms with Crippen molar-refractivity contribution in [1.29, 1.82) is 0 Å². The van der Waals surface area contributed by atoms with Crippen molar-refractivity contribution < 1.29 is 26.4 Å². The molecule has 160 valence electrons. The zero-order chi connectivity index (χ0) is 22.3. The van der Waals surface area contributed by atoms with E-state index in [0.717, 1.165) is 24.8 Å². The molecule has 2 aromatic carbocycles. The summed E-state index contributed by atoms with van der Waals surface area (Å²) < 4.78 is 63.4. The van der Waals surface area contributed by atoms with E-state index in [-0.39, 0.29) is 33.9 Å². The van der Waals surface area contributed by atoms with Crippen molar-refractivity contribution in [3.63, 3.8) is 0 Å². The van der Waals surface area contributed by atoms with E-state index in [9.17, 15) is 22.0 Å².